The van der Waals surface area contributed by atoms with Crippen molar-refractivity contribution in [1.29, 1.82) is 0 Å². The molecule has 2 heterocycles. The molecular formula is C38H41N2O+. The van der Waals surface area contributed by atoms with Crippen LogP contribution in [0.3, 0.4) is 0 Å². The molecule has 0 atom stereocenters. The van der Waals surface area contributed by atoms with Crippen molar-refractivity contribution in [2.45, 2.75) is 51.4 Å². The van der Waals surface area contributed by atoms with Crippen LogP contribution in [0.1, 0.15) is 51.7 Å². The quantitative estimate of drug-likeness (QED) is 0.195. The lowest BCUT2D eigenvalue weighted by Crippen LogP contribution is -2.26. The molecule has 4 aromatic carbocycles. The van der Waals surface area contributed by atoms with E-state index in [-0.39, 0.29) is 17.4 Å². The van der Waals surface area contributed by atoms with Gasteiger partial charge >= 0.3 is 0 Å². The molecule has 0 unspecified atom stereocenters. The molecule has 0 aliphatic carbocycles. The first kappa shape index (κ1) is 27.2. The predicted octanol–water partition coefficient (Wildman–Crippen LogP) is 8.57. The smallest absolute Gasteiger partial charge is 0.210 e. The molecule has 6 rings (SSSR count). The SMILES string of the molecule is CN1C(=CC=C(C=CC2=[N+](C)c3ccc4ccccc4c3C2(C)C)CCCO)C(C)(C)c2c1ccc1ccccc21. The Morgan fingerprint density at radius 1 is 0.829 bits per heavy atom. The lowest BCUT2D eigenvalue weighted by molar-refractivity contribution is -0.401. The summed E-state index contributed by atoms with van der Waals surface area (Å²) in [6.07, 6.45) is 10.7. The van der Waals surface area contributed by atoms with Crippen LogP contribution in [0.15, 0.2) is 108 Å². The minimum atomic E-state index is -0.127. The van der Waals surface area contributed by atoms with Crippen LogP contribution in [-0.4, -0.2) is 36.1 Å². The maximum atomic E-state index is 9.67. The van der Waals surface area contributed by atoms with Gasteiger partial charge in [0.25, 0.3) is 0 Å². The summed E-state index contributed by atoms with van der Waals surface area (Å²) in [5.74, 6) is 0. The number of rotatable bonds is 6. The number of anilines is 1. The van der Waals surface area contributed by atoms with Crippen LogP contribution in [0.25, 0.3) is 21.5 Å². The number of fused-ring (bicyclic) bond motifs is 6. The standard InChI is InChI=1S/C38H41N2O/c1-37(2)33(39(5)31-21-19-27-13-7-9-15-29(27)35(31)37)23-17-26(12-11-25-41)18-24-34-38(3,4)36-30-16-10-8-14-28(30)20-22-32(36)40(34)6/h7-10,13-24,41H,11-12,25H2,1-6H3/q+1. The molecule has 0 fully saturated rings. The molecule has 1 N–H and O–H groups in total. The van der Waals surface area contributed by atoms with Gasteiger partial charge in [0.15, 0.2) is 5.71 Å². The summed E-state index contributed by atoms with van der Waals surface area (Å²) in [7, 11) is 4.36. The Bertz CT molecular complexity index is 1800. The lowest BCUT2D eigenvalue weighted by atomic mass is 9.79. The van der Waals surface area contributed by atoms with Crippen LogP contribution in [0.2, 0.25) is 0 Å². The van der Waals surface area contributed by atoms with Crippen molar-refractivity contribution in [3.63, 3.8) is 0 Å². The molecule has 0 radical (unpaired) electrons. The summed E-state index contributed by atoms with van der Waals surface area (Å²) >= 11 is 0. The third-order valence-corrected chi connectivity index (χ3v) is 9.32. The van der Waals surface area contributed by atoms with E-state index in [0.29, 0.717) is 0 Å². The highest BCUT2D eigenvalue weighted by molar-refractivity contribution is 6.07. The average molecular weight is 542 g/mol. The lowest BCUT2D eigenvalue weighted by Gasteiger charge is -2.24. The topological polar surface area (TPSA) is 26.5 Å². The molecule has 2 aliphatic heterocycles. The first-order valence-electron chi connectivity index (χ1n) is 14.8. The van der Waals surface area contributed by atoms with Crippen LogP contribution < -0.4 is 4.90 Å². The summed E-state index contributed by atoms with van der Waals surface area (Å²) in [5, 5.41) is 14.9. The van der Waals surface area contributed by atoms with E-state index in [1.165, 1.54) is 61.0 Å². The largest absolute Gasteiger partial charge is 0.396 e. The zero-order valence-electron chi connectivity index (χ0n) is 25.2. The minimum Gasteiger partial charge on any atom is -0.396 e. The van der Waals surface area contributed by atoms with Gasteiger partial charge in [0.05, 0.1) is 5.41 Å². The van der Waals surface area contributed by atoms with Gasteiger partial charge in [-0.3, -0.25) is 0 Å². The van der Waals surface area contributed by atoms with Gasteiger partial charge in [0, 0.05) is 48.2 Å². The fourth-order valence-electron chi connectivity index (χ4n) is 7.26. The number of nitrogens with zero attached hydrogens (tertiary/aromatic N) is 2. The van der Waals surface area contributed by atoms with E-state index in [4.69, 9.17) is 0 Å². The zero-order chi connectivity index (χ0) is 28.9. The van der Waals surface area contributed by atoms with E-state index < -0.39 is 0 Å². The van der Waals surface area contributed by atoms with E-state index in [9.17, 15) is 5.11 Å². The second-order valence-electron chi connectivity index (χ2n) is 12.6. The summed E-state index contributed by atoms with van der Waals surface area (Å²) in [5.41, 5.74) is 8.85. The molecule has 0 spiro atoms. The van der Waals surface area contributed by atoms with Crippen LogP contribution in [0.5, 0.6) is 0 Å². The van der Waals surface area contributed by atoms with Gasteiger partial charge in [0.1, 0.15) is 7.05 Å². The zero-order valence-corrected chi connectivity index (χ0v) is 25.2. The number of hydrogen-bond acceptors (Lipinski definition) is 2. The van der Waals surface area contributed by atoms with Gasteiger partial charge in [-0.15, -0.1) is 0 Å². The number of likely N-dealkylation sites (N-methyl/N-ethyl adjacent to an activating group) is 1. The van der Waals surface area contributed by atoms with E-state index in [0.717, 1.165) is 12.8 Å². The van der Waals surface area contributed by atoms with Gasteiger partial charge in [-0.25, -0.2) is 0 Å². The van der Waals surface area contributed by atoms with Crippen molar-refractivity contribution in [2.75, 3.05) is 25.6 Å². The average Bonchev–Trinajstić information content (AvgIpc) is 3.29. The summed E-state index contributed by atoms with van der Waals surface area (Å²) in [6.45, 7) is 9.51. The maximum Gasteiger partial charge on any atom is 0.210 e. The van der Waals surface area contributed by atoms with Crippen molar-refractivity contribution in [2.24, 2.45) is 0 Å². The van der Waals surface area contributed by atoms with Gasteiger partial charge in [-0.1, -0.05) is 80.6 Å². The molecule has 2 aliphatic rings. The molecule has 0 amide bonds. The number of aliphatic hydroxyl groups excluding tert-OH is 1. The molecule has 0 aromatic heterocycles. The fourth-order valence-corrected chi connectivity index (χ4v) is 7.26. The van der Waals surface area contributed by atoms with Crippen LogP contribution in [0, 0.1) is 0 Å². The molecular weight excluding hydrogens is 500 g/mol. The first-order chi connectivity index (χ1) is 19.7. The molecule has 3 heteroatoms. The van der Waals surface area contributed by atoms with Crippen molar-refractivity contribution < 1.29 is 9.68 Å². The van der Waals surface area contributed by atoms with E-state index >= 15 is 0 Å². The van der Waals surface area contributed by atoms with E-state index in [1.807, 2.05) is 0 Å². The molecule has 0 bridgehead atoms. The normalized spacial score (nSPS) is 18.8. The van der Waals surface area contributed by atoms with Crippen molar-refractivity contribution in [1.82, 2.24) is 0 Å². The first-order valence-corrected chi connectivity index (χ1v) is 14.8. The monoisotopic (exact) mass is 541 g/mol. The highest BCUT2D eigenvalue weighted by Gasteiger charge is 2.44. The van der Waals surface area contributed by atoms with Crippen LogP contribution in [-0.2, 0) is 10.8 Å². The molecule has 41 heavy (non-hydrogen) atoms. The third-order valence-electron chi connectivity index (χ3n) is 9.32. The summed E-state index contributed by atoms with van der Waals surface area (Å²) in [6, 6.07) is 26.4. The highest BCUT2D eigenvalue weighted by atomic mass is 16.2. The Hall–Kier alpha value is -3.95. The number of aliphatic hydroxyl groups is 1. The second-order valence-corrected chi connectivity index (χ2v) is 12.6. The van der Waals surface area contributed by atoms with E-state index in [2.05, 4.69) is 148 Å². The molecule has 0 saturated heterocycles. The molecule has 0 saturated carbocycles. The minimum absolute atomic E-state index is 0.127. The predicted molar refractivity (Wildman–Crippen MR) is 175 cm³/mol. The van der Waals surface area contributed by atoms with Gasteiger partial charge in [-0.2, -0.15) is 4.58 Å². The van der Waals surface area contributed by atoms with Gasteiger partial charge in [-0.05, 0) is 77.6 Å². The van der Waals surface area contributed by atoms with Gasteiger partial charge < -0.3 is 10.0 Å². The summed E-state index contributed by atoms with van der Waals surface area (Å²) in [4.78, 5) is 2.34. The van der Waals surface area contributed by atoms with E-state index in [1.54, 1.807) is 0 Å². The number of allylic oxidation sites excluding steroid dienone is 6. The summed E-state index contributed by atoms with van der Waals surface area (Å²) < 4.78 is 2.34. The Kier molecular flexibility index (Phi) is 6.74. The van der Waals surface area contributed by atoms with Gasteiger partial charge in [0.2, 0.25) is 5.69 Å². The molecule has 208 valence electrons. The Balaban J connectivity index is 1.38. The van der Waals surface area contributed by atoms with Crippen LogP contribution in [0.4, 0.5) is 11.4 Å². The Morgan fingerprint density at radius 3 is 2.15 bits per heavy atom. The van der Waals surface area contributed by atoms with Crippen molar-refractivity contribution >= 4 is 38.6 Å². The Morgan fingerprint density at radius 2 is 1.46 bits per heavy atom. The highest BCUT2D eigenvalue weighted by Crippen LogP contribution is 2.50. The van der Waals surface area contributed by atoms with Crippen LogP contribution >= 0.6 is 0 Å². The van der Waals surface area contributed by atoms with Crippen molar-refractivity contribution in [3.05, 3.63) is 119 Å². The maximum absolute atomic E-state index is 9.67. The second kappa shape index (κ2) is 10.2. The molecule has 3 nitrogen and oxygen atoms in total. The number of benzene rings is 4. The Labute approximate surface area is 244 Å². The third kappa shape index (κ3) is 4.35. The molecule has 4 aromatic rings. The van der Waals surface area contributed by atoms with Crippen molar-refractivity contribution in [3.8, 4) is 0 Å². The fraction of sp³-hybridized carbons (Fsp3) is 0.289. The number of hydrogen-bond donors (Lipinski definition) is 1.